The molecule has 0 spiro atoms. The highest BCUT2D eigenvalue weighted by atomic mass is 19.4. The van der Waals surface area contributed by atoms with Gasteiger partial charge >= 0.3 is 6.18 Å². The van der Waals surface area contributed by atoms with Gasteiger partial charge in [0, 0.05) is 49.9 Å². The molecule has 4 rings (SSSR count). The Labute approximate surface area is 218 Å². The molecule has 2 heterocycles. The van der Waals surface area contributed by atoms with Gasteiger partial charge in [-0.1, -0.05) is 24.3 Å². The molecule has 0 bridgehead atoms. The van der Waals surface area contributed by atoms with E-state index in [-0.39, 0.29) is 23.0 Å². The Morgan fingerprint density at radius 3 is 2.63 bits per heavy atom. The van der Waals surface area contributed by atoms with E-state index in [0.29, 0.717) is 37.0 Å². The van der Waals surface area contributed by atoms with Gasteiger partial charge in [-0.15, -0.1) is 0 Å². The second-order valence-corrected chi connectivity index (χ2v) is 9.29. The molecule has 2 aromatic rings. The number of nitrogens with two attached hydrogens (primary N) is 1. The Balaban J connectivity index is 1.38. The third-order valence-corrected chi connectivity index (χ3v) is 6.61. The summed E-state index contributed by atoms with van der Waals surface area (Å²) in [5, 5.41) is 2.91. The molecule has 1 amide bonds. The number of carbonyl (C=O) groups excluding carboxylic acids is 1. The first-order valence-corrected chi connectivity index (χ1v) is 12.3. The third kappa shape index (κ3) is 6.51. The second-order valence-electron chi connectivity index (χ2n) is 9.29. The highest BCUT2D eigenvalue weighted by Gasteiger charge is 2.55. The minimum absolute atomic E-state index is 0.0474. The first kappa shape index (κ1) is 27.6. The molecule has 0 radical (unpaired) electrons. The summed E-state index contributed by atoms with van der Waals surface area (Å²) in [6.07, 6.45) is -2.28. The first-order valence-electron chi connectivity index (χ1n) is 12.3. The normalized spacial score (nSPS) is 21.0. The predicted octanol–water partition coefficient (Wildman–Crippen LogP) is 4.32. The molecule has 1 aromatic heterocycles. The lowest BCUT2D eigenvalue weighted by Crippen LogP contribution is -2.41. The molecule has 11 heteroatoms. The van der Waals surface area contributed by atoms with Gasteiger partial charge in [0.25, 0.3) is 5.91 Å². The van der Waals surface area contributed by atoms with Crippen molar-refractivity contribution in [3.8, 4) is 16.9 Å². The fourth-order valence-electron chi connectivity index (χ4n) is 4.26. The standard InChI is InChI=1S/C27H30F4N4O3/c1-18(21-3-2-8-26(28,16-21)27(29,30)31)38-23-15-22(17-34-24(23)32)19-4-6-20(7-5-19)25(36)33-9-10-35-11-13-37-14-12-35/h2-8,15,17-18H,9-14,16H2,1H3,(H2,32,34)(H,33,36). The lowest BCUT2D eigenvalue weighted by molar-refractivity contribution is -0.212. The maximum Gasteiger partial charge on any atom is 0.426 e. The molecule has 2 unspecified atom stereocenters. The molecule has 0 saturated carbocycles. The van der Waals surface area contributed by atoms with Crippen LogP contribution in [0.25, 0.3) is 11.1 Å². The van der Waals surface area contributed by atoms with Crippen LogP contribution in [0, 0.1) is 0 Å². The van der Waals surface area contributed by atoms with Crippen LogP contribution in [-0.2, 0) is 4.74 Å². The van der Waals surface area contributed by atoms with Crippen molar-refractivity contribution in [2.24, 2.45) is 0 Å². The number of benzene rings is 1. The lowest BCUT2D eigenvalue weighted by Gasteiger charge is -2.30. The lowest BCUT2D eigenvalue weighted by atomic mass is 9.88. The summed E-state index contributed by atoms with van der Waals surface area (Å²) in [4.78, 5) is 18.9. The van der Waals surface area contributed by atoms with E-state index >= 15 is 0 Å². The van der Waals surface area contributed by atoms with E-state index in [4.69, 9.17) is 15.2 Å². The van der Waals surface area contributed by atoms with Gasteiger partial charge in [-0.25, -0.2) is 9.37 Å². The Hall–Kier alpha value is -3.44. The quantitative estimate of drug-likeness (QED) is 0.491. The summed E-state index contributed by atoms with van der Waals surface area (Å²) in [7, 11) is 0. The molecule has 1 fully saturated rings. The Kier molecular flexibility index (Phi) is 8.37. The van der Waals surface area contributed by atoms with Crippen molar-refractivity contribution in [2.45, 2.75) is 31.3 Å². The molecule has 1 saturated heterocycles. The van der Waals surface area contributed by atoms with Crippen LogP contribution in [0.15, 0.2) is 60.3 Å². The van der Waals surface area contributed by atoms with Crippen LogP contribution >= 0.6 is 0 Å². The minimum Gasteiger partial charge on any atom is -0.482 e. The number of rotatable bonds is 8. The number of nitrogens with one attached hydrogen (secondary N) is 1. The van der Waals surface area contributed by atoms with Crippen LogP contribution in [0.2, 0.25) is 0 Å². The van der Waals surface area contributed by atoms with Crippen molar-refractivity contribution in [3.05, 3.63) is 65.9 Å². The number of carbonyl (C=O) groups is 1. The number of allylic oxidation sites excluding steroid dienone is 3. The van der Waals surface area contributed by atoms with Gasteiger partial charge in [0.15, 0.2) is 11.6 Å². The van der Waals surface area contributed by atoms with E-state index in [1.54, 1.807) is 30.3 Å². The average molecular weight is 535 g/mol. The predicted molar refractivity (Wildman–Crippen MR) is 136 cm³/mol. The molecule has 3 N–H and O–H groups in total. The molecule has 38 heavy (non-hydrogen) atoms. The zero-order valence-corrected chi connectivity index (χ0v) is 20.9. The largest absolute Gasteiger partial charge is 0.482 e. The first-order chi connectivity index (χ1) is 18.1. The highest BCUT2D eigenvalue weighted by molar-refractivity contribution is 5.94. The maximum atomic E-state index is 14.5. The van der Waals surface area contributed by atoms with Crippen molar-refractivity contribution in [2.75, 3.05) is 45.1 Å². The summed E-state index contributed by atoms with van der Waals surface area (Å²) in [6.45, 7) is 5.91. The molecule has 2 atom stereocenters. The van der Waals surface area contributed by atoms with E-state index < -0.39 is 24.4 Å². The number of ether oxygens (including phenoxy) is 2. The molecule has 1 aromatic carbocycles. The number of nitrogen functional groups attached to an aromatic ring is 1. The average Bonchev–Trinajstić information content (AvgIpc) is 2.90. The number of alkyl halides is 4. The van der Waals surface area contributed by atoms with E-state index in [0.717, 1.165) is 31.3 Å². The summed E-state index contributed by atoms with van der Waals surface area (Å²) >= 11 is 0. The fraction of sp³-hybridized carbons (Fsp3) is 0.407. The highest BCUT2D eigenvalue weighted by Crippen LogP contribution is 2.43. The molecule has 204 valence electrons. The number of halogens is 4. The van der Waals surface area contributed by atoms with Crippen molar-refractivity contribution in [1.29, 1.82) is 0 Å². The Morgan fingerprint density at radius 1 is 1.24 bits per heavy atom. The number of pyridine rings is 1. The van der Waals surface area contributed by atoms with Crippen LogP contribution in [0.3, 0.4) is 0 Å². The fourth-order valence-corrected chi connectivity index (χ4v) is 4.26. The van der Waals surface area contributed by atoms with E-state index in [2.05, 4.69) is 15.2 Å². The number of aromatic nitrogens is 1. The zero-order valence-electron chi connectivity index (χ0n) is 20.9. The minimum atomic E-state index is -5.03. The van der Waals surface area contributed by atoms with E-state index in [1.807, 2.05) is 0 Å². The van der Waals surface area contributed by atoms with Gasteiger partial charge in [0.1, 0.15) is 6.10 Å². The van der Waals surface area contributed by atoms with Crippen LogP contribution < -0.4 is 15.8 Å². The Morgan fingerprint density at radius 2 is 1.95 bits per heavy atom. The second kappa shape index (κ2) is 11.5. The number of hydrogen-bond acceptors (Lipinski definition) is 6. The van der Waals surface area contributed by atoms with Crippen molar-refractivity contribution in [3.63, 3.8) is 0 Å². The van der Waals surface area contributed by atoms with Crippen molar-refractivity contribution >= 4 is 11.7 Å². The number of morpholine rings is 1. The number of amides is 1. The van der Waals surface area contributed by atoms with Crippen molar-refractivity contribution in [1.82, 2.24) is 15.2 Å². The van der Waals surface area contributed by atoms with Gasteiger partial charge in [0.05, 0.1) is 13.2 Å². The molecular formula is C27H30F4N4O3. The number of hydrogen-bond donors (Lipinski definition) is 2. The third-order valence-electron chi connectivity index (χ3n) is 6.61. The summed E-state index contributed by atoms with van der Waals surface area (Å²) < 4.78 is 65.1. The van der Waals surface area contributed by atoms with Crippen LogP contribution in [0.4, 0.5) is 23.4 Å². The van der Waals surface area contributed by atoms with Gasteiger partial charge < -0.3 is 20.5 Å². The summed E-state index contributed by atoms with van der Waals surface area (Å²) in [6, 6.07) is 8.51. The van der Waals surface area contributed by atoms with Crippen LogP contribution in [-0.4, -0.2) is 73.1 Å². The Bertz CT molecular complexity index is 1190. The summed E-state index contributed by atoms with van der Waals surface area (Å²) in [5.74, 6) is 0.0219. The topological polar surface area (TPSA) is 89.7 Å². The van der Waals surface area contributed by atoms with Gasteiger partial charge in [-0.2, -0.15) is 13.2 Å². The van der Waals surface area contributed by atoms with Gasteiger partial charge in [0.2, 0.25) is 5.67 Å². The van der Waals surface area contributed by atoms with Crippen LogP contribution in [0.5, 0.6) is 5.75 Å². The molecule has 7 nitrogen and oxygen atoms in total. The van der Waals surface area contributed by atoms with Crippen molar-refractivity contribution < 1.29 is 31.8 Å². The van der Waals surface area contributed by atoms with Gasteiger partial charge in [-0.3, -0.25) is 9.69 Å². The smallest absolute Gasteiger partial charge is 0.426 e. The number of nitrogens with zero attached hydrogens (tertiary/aromatic N) is 2. The SMILES string of the molecule is CC(Oc1cc(-c2ccc(C(=O)NCCN3CCOCC3)cc2)cnc1N)C1=CC=CC(F)(C(F)(F)F)C1. The zero-order chi connectivity index (χ0) is 27.3. The van der Waals surface area contributed by atoms with E-state index in [9.17, 15) is 22.4 Å². The van der Waals surface area contributed by atoms with Gasteiger partial charge in [-0.05, 0) is 42.3 Å². The monoisotopic (exact) mass is 534 g/mol. The maximum absolute atomic E-state index is 14.5. The molecule has 1 aliphatic heterocycles. The molecule has 2 aliphatic rings. The molecule has 1 aliphatic carbocycles. The number of anilines is 1. The van der Waals surface area contributed by atoms with E-state index in [1.165, 1.54) is 19.2 Å². The molecular weight excluding hydrogens is 504 g/mol. The van der Waals surface area contributed by atoms with Crippen LogP contribution in [0.1, 0.15) is 23.7 Å². The summed E-state index contributed by atoms with van der Waals surface area (Å²) in [5.41, 5.74) is 4.51.